The summed E-state index contributed by atoms with van der Waals surface area (Å²) < 4.78 is 0. The molecule has 1 saturated heterocycles. The summed E-state index contributed by atoms with van der Waals surface area (Å²) in [4.78, 5) is 16.8. The van der Waals surface area contributed by atoms with Gasteiger partial charge >= 0.3 is 0 Å². The molecular formula is C18H18Cl2N2O. The molecule has 5 heteroatoms. The molecule has 3 nitrogen and oxygen atoms in total. The van der Waals surface area contributed by atoms with Crippen molar-refractivity contribution < 1.29 is 4.79 Å². The van der Waals surface area contributed by atoms with Crippen LogP contribution < -0.4 is 4.90 Å². The van der Waals surface area contributed by atoms with E-state index in [1.807, 2.05) is 17.0 Å². The number of piperazine rings is 1. The molecule has 0 aromatic heterocycles. The Morgan fingerprint density at radius 1 is 0.957 bits per heavy atom. The summed E-state index contributed by atoms with van der Waals surface area (Å²) in [5.74, 6) is -0.0150. The molecule has 2 aromatic rings. The number of para-hydroxylation sites is 1. The quantitative estimate of drug-likeness (QED) is 0.809. The summed E-state index contributed by atoms with van der Waals surface area (Å²) in [6.07, 6.45) is 0. The van der Waals surface area contributed by atoms with E-state index in [0.29, 0.717) is 28.7 Å². The average molecular weight is 349 g/mol. The zero-order valence-electron chi connectivity index (χ0n) is 12.9. The smallest absolute Gasteiger partial charge is 0.254 e. The first kappa shape index (κ1) is 16.2. The second kappa shape index (κ2) is 6.81. The number of hydrogen-bond acceptors (Lipinski definition) is 2. The lowest BCUT2D eigenvalue weighted by Gasteiger charge is -2.36. The van der Waals surface area contributed by atoms with E-state index in [-0.39, 0.29) is 5.91 Å². The van der Waals surface area contributed by atoms with Crippen LogP contribution in [0.15, 0.2) is 42.5 Å². The van der Waals surface area contributed by atoms with Crippen molar-refractivity contribution in [2.24, 2.45) is 0 Å². The summed E-state index contributed by atoms with van der Waals surface area (Å²) in [5.41, 5.74) is 3.05. The maximum Gasteiger partial charge on any atom is 0.254 e. The van der Waals surface area contributed by atoms with E-state index in [1.165, 1.54) is 11.3 Å². The van der Waals surface area contributed by atoms with Crippen LogP contribution in [-0.2, 0) is 0 Å². The van der Waals surface area contributed by atoms with Gasteiger partial charge in [-0.15, -0.1) is 0 Å². The first-order valence-corrected chi connectivity index (χ1v) is 8.36. The number of hydrogen-bond donors (Lipinski definition) is 0. The summed E-state index contributed by atoms with van der Waals surface area (Å²) in [6, 6.07) is 13.3. The van der Waals surface area contributed by atoms with Crippen molar-refractivity contribution in [1.82, 2.24) is 4.90 Å². The van der Waals surface area contributed by atoms with Crippen LogP contribution in [0.5, 0.6) is 0 Å². The minimum Gasteiger partial charge on any atom is -0.368 e. The topological polar surface area (TPSA) is 23.6 Å². The molecule has 3 rings (SSSR count). The molecule has 1 amide bonds. The fraction of sp³-hybridized carbons (Fsp3) is 0.278. The summed E-state index contributed by atoms with van der Waals surface area (Å²) in [5, 5.41) is 0.971. The zero-order chi connectivity index (χ0) is 16.4. The average Bonchev–Trinajstić information content (AvgIpc) is 2.54. The van der Waals surface area contributed by atoms with E-state index in [4.69, 9.17) is 23.2 Å². The Labute approximate surface area is 146 Å². The number of nitrogens with zero attached hydrogens (tertiary/aromatic N) is 2. The molecule has 1 fully saturated rings. The number of carbonyl (C=O) groups excluding carboxylic acids is 1. The highest BCUT2D eigenvalue weighted by Crippen LogP contribution is 2.23. The summed E-state index contributed by atoms with van der Waals surface area (Å²) in [7, 11) is 0. The predicted molar refractivity (Wildman–Crippen MR) is 95.8 cm³/mol. The highest BCUT2D eigenvalue weighted by atomic mass is 35.5. The Hall–Kier alpha value is -1.71. The number of carbonyl (C=O) groups is 1. The molecule has 0 radical (unpaired) electrons. The van der Waals surface area contributed by atoms with Gasteiger partial charge in [0.1, 0.15) is 0 Å². The van der Waals surface area contributed by atoms with Crippen LogP contribution in [0.3, 0.4) is 0 Å². The largest absolute Gasteiger partial charge is 0.368 e. The Morgan fingerprint density at radius 3 is 2.17 bits per heavy atom. The lowest BCUT2D eigenvalue weighted by molar-refractivity contribution is 0.0747. The zero-order valence-corrected chi connectivity index (χ0v) is 14.4. The number of anilines is 1. The van der Waals surface area contributed by atoms with Crippen LogP contribution >= 0.6 is 23.2 Å². The van der Waals surface area contributed by atoms with E-state index in [2.05, 4.69) is 24.0 Å². The molecule has 1 aliphatic heterocycles. The molecule has 2 aromatic carbocycles. The molecule has 120 valence electrons. The predicted octanol–water partition coefficient (Wildman–Crippen LogP) is 4.26. The molecule has 0 N–H and O–H groups in total. The van der Waals surface area contributed by atoms with Crippen molar-refractivity contribution in [3.63, 3.8) is 0 Å². The molecule has 0 aliphatic carbocycles. The van der Waals surface area contributed by atoms with Gasteiger partial charge < -0.3 is 9.80 Å². The second-order valence-electron chi connectivity index (χ2n) is 5.72. The molecule has 23 heavy (non-hydrogen) atoms. The van der Waals surface area contributed by atoms with Crippen LogP contribution in [0.25, 0.3) is 0 Å². The Kier molecular flexibility index (Phi) is 4.79. The van der Waals surface area contributed by atoms with Gasteiger partial charge in [0.25, 0.3) is 5.91 Å². The first-order valence-electron chi connectivity index (χ1n) is 7.60. The van der Waals surface area contributed by atoms with Crippen molar-refractivity contribution in [3.05, 3.63) is 63.6 Å². The molecule has 0 atom stereocenters. The molecule has 0 bridgehead atoms. The van der Waals surface area contributed by atoms with Crippen molar-refractivity contribution in [2.45, 2.75) is 6.92 Å². The number of rotatable bonds is 2. The normalized spacial score (nSPS) is 14.9. The third kappa shape index (κ3) is 3.62. The Morgan fingerprint density at radius 2 is 1.57 bits per heavy atom. The Bertz CT molecular complexity index is 704. The Balaban J connectivity index is 1.69. The van der Waals surface area contributed by atoms with Crippen LogP contribution in [0.2, 0.25) is 10.0 Å². The van der Waals surface area contributed by atoms with Crippen LogP contribution in [0.4, 0.5) is 5.69 Å². The van der Waals surface area contributed by atoms with Gasteiger partial charge in [-0.1, -0.05) is 41.4 Å². The minimum absolute atomic E-state index is 0.0150. The van der Waals surface area contributed by atoms with Crippen LogP contribution in [0, 0.1) is 6.92 Å². The minimum atomic E-state index is -0.0150. The van der Waals surface area contributed by atoms with Gasteiger partial charge in [-0.2, -0.15) is 0 Å². The van der Waals surface area contributed by atoms with E-state index in [0.717, 1.165) is 13.1 Å². The monoisotopic (exact) mass is 348 g/mol. The van der Waals surface area contributed by atoms with Gasteiger partial charge in [-0.05, 0) is 36.8 Å². The third-order valence-corrected chi connectivity index (χ3v) is 4.57. The highest BCUT2D eigenvalue weighted by molar-refractivity contribution is 6.35. The number of aryl methyl sites for hydroxylation is 1. The summed E-state index contributed by atoms with van der Waals surface area (Å²) >= 11 is 12.0. The van der Waals surface area contributed by atoms with Gasteiger partial charge in [-0.3, -0.25) is 4.79 Å². The molecule has 1 aliphatic rings. The molecule has 1 heterocycles. The number of benzene rings is 2. The van der Waals surface area contributed by atoms with E-state index in [1.54, 1.807) is 18.2 Å². The third-order valence-electron chi connectivity index (χ3n) is 4.13. The van der Waals surface area contributed by atoms with Gasteiger partial charge in [-0.25, -0.2) is 0 Å². The van der Waals surface area contributed by atoms with E-state index >= 15 is 0 Å². The second-order valence-corrected chi connectivity index (χ2v) is 6.60. The lowest BCUT2D eigenvalue weighted by atomic mass is 10.1. The molecule has 0 unspecified atom stereocenters. The maximum atomic E-state index is 12.6. The van der Waals surface area contributed by atoms with Gasteiger partial charge in [0.15, 0.2) is 0 Å². The van der Waals surface area contributed by atoms with E-state index < -0.39 is 0 Å². The maximum absolute atomic E-state index is 12.6. The van der Waals surface area contributed by atoms with E-state index in [9.17, 15) is 4.79 Å². The van der Waals surface area contributed by atoms with Crippen LogP contribution in [0.1, 0.15) is 15.9 Å². The fourth-order valence-corrected chi connectivity index (χ4v) is 3.45. The first-order chi connectivity index (χ1) is 11.0. The SMILES string of the molecule is Cc1ccccc1N1CCN(C(=O)c2cc(Cl)cc(Cl)c2)CC1. The van der Waals surface area contributed by atoms with Crippen molar-refractivity contribution >= 4 is 34.8 Å². The molecular weight excluding hydrogens is 331 g/mol. The number of halogens is 2. The van der Waals surface area contributed by atoms with Crippen LogP contribution in [-0.4, -0.2) is 37.0 Å². The van der Waals surface area contributed by atoms with Gasteiger partial charge in [0, 0.05) is 47.5 Å². The summed E-state index contributed by atoms with van der Waals surface area (Å²) in [6.45, 7) is 5.14. The van der Waals surface area contributed by atoms with Gasteiger partial charge in [0.2, 0.25) is 0 Å². The molecule has 0 spiro atoms. The highest BCUT2D eigenvalue weighted by Gasteiger charge is 2.23. The van der Waals surface area contributed by atoms with Gasteiger partial charge in [0.05, 0.1) is 0 Å². The van der Waals surface area contributed by atoms with Crippen molar-refractivity contribution in [2.75, 3.05) is 31.1 Å². The van der Waals surface area contributed by atoms with Crippen molar-refractivity contribution in [3.8, 4) is 0 Å². The fourth-order valence-electron chi connectivity index (χ4n) is 2.93. The molecule has 0 saturated carbocycles. The standard InChI is InChI=1S/C18H18Cl2N2O/c1-13-4-2-3-5-17(13)21-6-8-22(9-7-21)18(23)14-10-15(19)12-16(20)11-14/h2-5,10-12H,6-9H2,1H3. The number of amides is 1. The lowest BCUT2D eigenvalue weighted by Crippen LogP contribution is -2.49. The van der Waals surface area contributed by atoms with Crippen molar-refractivity contribution in [1.29, 1.82) is 0 Å².